The van der Waals surface area contributed by atoms with E-state index < -0.39 is 23.8 Å². The van der Waals surface area contributed by atoms with Gasteiger partial charge in [-0.15, -0.1) is 0 Å². The van der Waals surface area contributed by atoms with Crippen LogP contribution in [-0.2, 0) is 41.5 Å². The number of ether oxygens (including phenoxy) is 2. The Hall–Kier alpha value is -3.59. The Morgan fingerprint density at radius 2 is 1.90 bits per heavy atom. The molecule has 1 aromatic heterocycles. The molecule has 232 valence electrons. The number of carbonyl (C=O) groups is 4. The first-order valence-electron chi connectivity index (χ1n) is 13.0. The van der Waals surface area contributed by atoms with E-state index in [2.05, 4.69) is 15.3 Å². The number of nitrogens with one attached hydrogen (secondary N) is 2. The number of carboxylic acid groups (broad SMARTS) is 1. The second-order valence-corrected chi connectivity index (χ2v) is 10.3. The molecule has 1 aromatic carbocycles. The molecule has 2 aromatic rings. The molecule has 0 bridgehead atoms. The molecule has 0 unspecified atom stereocenters. The van der Waals surface area contributed by atoms with Gasteiger partial charge in [0.15, 0.2) is 0 Å². The van der Waals surface area contributed by atoms with Crippen molar-refractivity contribution in [3.63, 3.8) is 0 Å². The van der Waals surface area contributed by atoms with Crippen LogP contribution in [0.25, 0.3) is 0 Å². The Bertz CT molecular complexity index is 1150. The van der Waals surface area contributed by atoms with Crippen LogP contribution in [0.2, 0.25) is 0 Å². The van der Waals surface area contributed by atoms with Crippen molar-refractivity contribution in [2.24, 2.45) is 0 Å². The molecule has 0 aliphatic carbocycles. The number of aryl methyl sites for hydroxylation is 1. The summed E-state index contributed by atoms with van der Waals surface area (Å²) in [6, 6.07) is 9.50. The first-order chi connectivity index (χ1) is 19.9. The third kappa shape index (κ3) is 11.0. The van der Waals surface area contributed by atoms with Gasteiger partial charge in [-0.3, -0.25) is 9.59 Å². The number of H-pyrrole nitrogens is 1. The predicted molar refractivity (Wildman–Crippen MR) is 147 cm³/mol. The highest BCUT2D eigenvalue weighted by Gasteiger charge is 2.44. The van der Waals surface area contributed by atoms with E-state index >= 15 is 0 Å². The summed E-state index contributed by atoms with van der Waals surface area (Å²) >= 11 is 1.55. The van der Waals surface area contributed by atoms with Gasteiger partial charge in [0, 0.05) is 25.6 Å². The average Bonchev–Trinajstić information content (AvgIpc) is 3.65. The number of benzene rings is 1. The molecule has 2 heterocycles. The number of likely N-dealkylation sites (tertiary alicyclic amines) is 1. The molecular formula is C27H35F3N4O7S. The lowest BCUT2D eigenvalue weighted by Gasteiger charge is -2.34. The molecule has 1 aliphatic heterocycles. The molecule has 3 rings (SSSR count). The summed E-state index contributed by atoms with van der Waals surface area (Å²) in [5.74, 6) is -3.15. The number of hydrogen-bond acceptors (Lipinski definition) is 8. The number of thioether (sulfide) groups is 1. The maximum absolute atomic E-state index is 12.9. The number of hydrogen-bond donors (Lipinski definition) is 3. The smallest absolute Gasteiger partial charge is 0.475 e. The minimum absolute atomic E-state index is 0.0390. The van der Waals surface area contributed by atoms with E-state index in [4.69, 9.17) is 19.4 Å². The van der Waals surface area contributed by atoms with Gasteiger partial charge in [-0.2, -0.15) is 24.9 Å². The third-order valence-corrected chi connectivity index (χ3v) is 6.96. The Labute approximate surface area is 245 Å². The second kappa shape index (κ2) is 16.8. The van der Waals surface area contributed by atoms with E-state index in [9.17, 15) is 27.6 Å². The highest BCUT2D eigenvalue weighted by atomic mass is 32.2. The molecule has 2 atom stereocenters. The zero-order valence-electron chi connectivity index (χ0n) is 23.3. The monoisotopic (exact) mass is 616 g/mol. The number of aromatic nitrogens is 2. The summed E-state index contributed by atoms with van der Waals surface area (Å²) in [4.78, 5) is 56.3. The van der Waals surface area contributed by atoms with Gasteiger partial charge in [-0.05, 0) is 36.8 Å². The van der Waals surface area contributed by atoms with Gasteiger partial charge in [0.25, 0.3) is 0 Å². The number of imidazole rings is 1. The summed E-state index contributed by atoms with van der Waals surface area (Å²) in [5, 5.41) is 9.95. The van der Waals surface area contributed by atoms with E-state index in [0.717, 1.165) is 18.4 Å². The van der Waals surface area contributed by atoms with E-state index in [1.807, 2.05) is 36.6 Å². The van der Waals surface area contributed by atoms with Crippen molar-refractivity contribution >= 4 is 35.5 Å². The SMILES string of the molecule is COC(=O)[C@@](CCSC)(NC(=O)CCc1ccccc1)OC[C@@H]1CCCN1C(=O)Cc1c[nH]cn1.O=C(O)C(F)(F)F. The zero-order chi connectivity index (χ0) is 31.2. The van der Waals surface area contributed by atoms with Gasteiger partial charge >= 0.3 is 18.1 Å². The first-order valence-corrected chi connectivity index (χ1v) is 14.4. The quantitative estimate of drug-likeness (QED) is 0.228. The molecule has 42 heavy (non-hydrogen) atoms. The van der Waals surface area contributed by atoms with E-state index in [-0.39, 0.29) is 43.7 Å². The van der Waals surface area contributed by atoms with Crippen molar-refractivity contribution in [2.75, 3.05) is 32.3 Å². The zero-order valence-corrected chi connectivity index (χ0v) is 24.1. The predicted octanol–water partition coefficient (Wildman–Crippen LogP) is 2.96. The number of halogens is 3. The Balaban J connectivity index is 0.000000782. The molecule has 0 saturated carbocycles. The summed E-state index contributed by atoms with van der Waals surface area (Å²) < 4.78 is 43.0. The summed E-state index contributed by atoms with van der Waals surface area (Å²) in [6.07, 6.45) is 2.91. The lowest BCUT2D eigenvalue weighted by Crippen LogP contribution is -2.58. The van der Waals surface area contributed by atoms with Gasteiger partial charge in [0.2, 0.25) is 17.5 Å². The number of rotatable bonds is 13. The van der Waals surface area contributed by atoms with Crippen LogP contribution >= 0.6 is 11.8 Å². The van der Waals surface area contributed by atoms with Gasteiger partial charge in [0.1, 0.15) is 0 Å². The third-order valence-electron chi connectivity index (χ3n) is 6.35. The summed E-state index contributed by atoms with van der Waals surface area (Å²) in [7, 11) is 1.28. The fraction of sp³-hybridized carbons (Fsp3) is 0.519. The van der Waals surface area contributed by atoms with Crippen molar-refractivity contribution in [1.82, 2.24) is 20.2 Å². The topological polar surface area (TPSA) is 151 Å². The first kappa shape index (κ1) is 34.6. The van der Waals surface area contributed by atoms with Crippen molar-refractivity contribution in [2.45, 2.75) is 56.5 Å². The molecule has 11 nitrogen and oxygen atoms in total. The minimum atomic E-state index is -5.08. The number of aliphatic carboxylic acids is 1. The van der Waals surface area contributed by atoms with Gasteiger partial charge in [-0.1, -0.05) is 30.3 Å². The maximum Gasteiger partial charge on any atom is 0.490 e. The molecule has 1 fully saturated rings. The fourth-order valence-electron chi connectivity index (χ4n) is 4.20. The van der Waals surface area contributed by atoms with E-state index in [1.165, 1.54) is 7.11 Å². The Kier molecular flexibility index (Phi) is 13.8. The van der Waals surface area contributed by atoms with Crippen molar-refractivity contribution in [3.8, 4) is 0 Å². The number of carbonyl (C=O) groups excluding carboxylic acids is 3. The molecule has 15 heteroatoms. The standard InChI is InChI=1S/C25H34N4O5S.C2HF3O2/c1-33-24(32)25(12-14-35-2,28-22(30)11-10-19-7-4-3-5-8-19)34-17-21-9-6-13-29(21)23(31)15-20-16-26-18-27-20;3-2(4,5)1(6)7/h3-5,7-8,16,18,21H,6,9-15,17H2,1-2H3,(H,26,27)(H,28,30);(H,6,7)/t21-,25-;/m0./s1. The number of nitrogens with zero attached hydrogens (tertiary/aromatic N) is 2. The van der Waals surface area contributed by atoms with Crippen LogP contribution in [0.1, 0.15) is 36.9 Å². The van der Waals surface area contributed by atoms with Crippen LogP contribution < -0.4 is 5.32 Å². The molecule has 0 radical (unpaired) electrons. The van der Waals surface area contributed by atoms with E-state index in [1.54, 1.807) is 29.2 Å². The number of amides is 2. The number of carboxylic acids is 1. The molecule has 1 aliphatic rings. The van der Waals surface area contributed by atoms with Gasteiger partial charge < -0.3 is 29.8 Å². The van der Waals surface area contributed by atoms with Crippen LogP contribution in [0.5, 0.6) is 0 Å². The largest absolute Gasteiger partial charge is 0.490 e. The molecule has 2 amide bonds. The Morgan fingerprint density at radius 1 is 1.21 bits per heavy atom. The van der Waals surface area contributed by atoms with Crippen LogP contribution in [0.3, 0.4) is 0 Å². The lowest BCUT2D eigenvalue weighted by atomic mass is 10.1. The molecule has 1 saturated heterocycles. The highest BCUT2D eigenvalue weighted by molar-refractivity contribution is 7.98. The van der Waals surface area contributed by atoms with Crippen LogP contribution in [0.15, 0.2) is 42.9 Å². The van der Waals surface area contributed by atoms with Gasteiger partial charge in [-0.25, -0.2) is 14.6 Å². The average molecular weight is 617 g/mol. The minimum Gasteiger partial charge on any atom is -0.475 e. The van der Waals surface area contributed by atoms with Crippen molar-refractivity contribution < 1.29 is 46.9 Å². The second-order valence-electron chi connectivity index (χ2n) is 9.33. The lowest BCUT2D eigenvalue weighted by molar-refractivity contribution is -0.192. The Morgan fingerprint density at radius 3 is 2.48 bits per heavy atom. The number of methoxy groups -OCH3 is 1. The maximum atomic E-state index is 12.9. The molecule has 0 spiro atoms. The van der Waals surface area contributed by atoms with Crippen LogP contribution in [0.4, 0.5) is 13.2 Å². The van der Waals surface area contributed by atoms with Crippen molar-refractivity contribution in [1.29, 1.82) is 0 Å². The van der Waals surface area contributed by atoms with E-state index in [0.29, 0.717) is 24.4 Å². The number of esters is 1. The van der Waals surface area contributed by atoms with Crippen LogP contribution in [0, 0.1) is 0 Å². The van der Waals surface area contributed by atoms with Gasteiger partial charge in [0.05, 0.1) is 38.2 Å². The number of aromatic amines is 1. The normalized spacial score (nSPS) is 16.1. The number of alkyl halides is 3. The fourth-order valence-corrected chi connectivity index (χ4v) is 4.70. The van der Waals surface area contributed by atoms with Crippen molar-refractivity contribution in [3.05, 3.63) is 54.1 Å². The summed E-state index contributed by atoms with van der Waals surface area (Å²) in [6.45, 7) is 0.742. The molecule has 3 N–H and O–H groups in total. The molecular weight excluding hydrogens is 581 g/mol. The summed E-state index contributed by atoms with van der Waals surface area (Å²) in [5.41, 5.74) is 0.106. The highest BCUT2D eigenvalue weighted by Crippen LogP contribution is 2.24. The van der Waals surface area contributed by atoms with Crippen LogP contribution in [-0.4, -0.2) is 93.9 Å².